The Morgan fingerprint density at radius 1 is 1.19 bits per heavy atom. The molecular formula is C12H16N2O2. The Bertz CT molecular complexity index is 352. The van der Waals surface area contributed by atoms with E-state index in [4.69, 9.17) is 5.26 Å². The predicted octanol–water partition coefficient (Wildman–Crippen LogP) is 1.32. The number of imide groups is 1. The number of rotatable bonds is 1. The van der Waals surface area contributed by atoms with Crippen LogP contribution in [-0.4, -0.2) is 22.8 Å². The van der Waals surface area contributed by atoms with Gasteiger partial charge in [-0.2, -0.15) is 5.26 Å². The van der Waals surface area contributed by atoms with Gasteiger partial charge in [0.1, 0.15) is 0 Å². The summed E-state index contributed by atoms with van der Waals surface area (Å²) >= 11 is 0. The van der Waals surface area contributed by atoms with Crippen LogP contribution in [0.4, 0.5) is 0 Å². The van der Waals surface area contributed by atoms with Gasteiger partial charge in [0.15, 0.2) is 0 Å². The fraction of sp³-hybridized carbons (Fsp3) is 0.750. The van der Waals surface area contributed by atoms with Crippen LogP contribution in [0, 0.1) is 29.1 Å². The van der Waals surface area contributed by atoms with Crippen LogP contribution >= 0.6 is 0 Å². The Kier molecular flexibility index (Phi) is 2.71. The summed E-state index contributed by atoms with van der Waals surface area (Å²) in [5.74, 6) is -0.806. The van der Waals surface area contributed by atoms with Crippen LogP contribution in [0.25, 0.3) is 0 Å². The molecule has 1 heterocycles. The highest BCUT2D eigenvalue weighted by molar-refractivity contribution is 6.05. The van der Waals surface area contributed by atoms with Crippen molar-refractivity contribution in [3.8, 4) is 6.07 Å². The zero-order valence-corrected chi connectivity index (χ0v) is 9.64. The normalized spacial score (nSPS) is 39.2. The second-order valence-corrected chi connectivity index (χ2v) is 4.86. The van der Waals surface area contributed by atoms with Gasteiger partial charge in [0.25, 0.3) is 0 Å². The quantitative estimate of drug-likeness (QED) is 0.626. The molecular weight excluding hydrogens is 204 g/mol. The minimum atomic E-state index is -0.229. The van der Waals surface area contributed by atoms with Crippen molar-refractivity contribution in [2.24, 2.45) is 17.8 Å². The summed E-state index contributed by atoms with van der Waals surface area (Å²) in [5, 5.41) is 9.00. The molecule has 0 aromatic heterocycles. The van der Waals surface area contributed by atoms with Crippen LogP contribution in [0.1, 0.15) is 33.1 Å². The maximum absolute atomic E-state index is 12.0. The van der Waals surface area contributed by atoms with E-state index in [2.05, 4.69) is 6.07 Å². The van der Waals surface area contributed by atoms with Gasteiger partial charge >= 0.3 is 0 Å². The molecule has 16 heavy (non-hydrogen) atoms. The van der Waals surface area contributed by atoms with E-state index in [1.807, 2.05) is 0 Å². The smallest absolute Gasteiger partial charge is 0.233 e. The van der Waals surface area contributed by atoms with Gasteiger partial charge in [-0.1, -0.05) is 13.8 Å². The zero-order chi connectivity index (χ0) is 11.9. The lowest BCUT2D eigenvalue weighted by molar-refractivity contribution is -0.142. The Hall–Kier alpha value is -1.37. The zero-order valence-electron chi connectivity index (χ0n) is 9.64. The van der Waals surface area contributed by atoms with Gasteiger partial charge in [-0.3, -0.25) is 14.5 Å². The number of amides is 2. The molecule has 1 aliphatic carbocycles. The molecule has 1 aliphatic heterocycles. The molecule has 4 unspecified atom stereocenters. The Labute approximate surface area is 95.2 Å². The van der Waals surface area contributed by atoms with E-state index < -0.39 is 0 Å². The van der Waals surface area contributed by atoms with Crippen molar-refractivity contribution in [3.05, 3.63) is 0 Å². The van der Waals surface area contributed by atoms with E-state index in [0.717, 1.165) is 19.3 Å². The molecule has 4 atom stereocenters. The molecule has 2 rings (SSSR count). The number of likely N-dealkylation sites (tertiary alicyclic amines) is 1. The Morgan fingerprint density at radius 2 is 1.75 bits per heavy atom. The van der Waals surface area contributed by atoms with Crippen molar-refractivity contribution in [1.29, 1.82) is 5.26 Å². The van der Waals surface area contributed by atoms with Gasteiger partial charge in [0.05, 0.1) is 18.0 Å². The van der Waals surface area contributed by atoms with Crippen molar-refractivity contribution < 1.29 is 9.59 Å². The molecule has 1 saturated heterocycles. The largest absolute Gasteiger partial charge is 0.278 e. The molecule has 4 heteroatoms. The maximum atomic E-state index is 12.0. The number of carbonyl (C=O) groups excluding carboxylic acids is 2. The Morgan fingerprint density at radius 3 is 2.25 bits per heavy atom. The summed E-state index contributed by atoms with van der Waals surface area (Å²) in [6.07, 6.45) is 2.53. The second-order valence-electron chi connectivity index (χ2n) is 4.86. The molecule has 0 N–H and O–H groups in total. The minimum absolute atomic E-state index is 0.0929. The number of nitriles is 1. The summed E-state index contributed by atoms with van der Waals surface area (Å²) in [7, 11) is 0. The highest BCUT2D eigenvalue weighted by Crippen LogP contribution is 2.36. The van der Waals surface area contributed by atoms with E-state index >= 15 is 0 Å². The topological polar surface area (TPSA) is 61.2 Å². The van der Waals surface area contributed by atoms with Crippen LogP contribution in [0.2, 0.25) is 0 Å². The first-order chi connectivity index (χ1) is 7.57. The SMILES string of the molecule is CC1C(=O)N(C2CCCC2C#N)C(=O)C1C. The first-order valence-electron chi connectivity index (χ1n) is 5.84. The van der Waals surface area contributed by atoms with Crippen LogP contribution in [0.3, 0.4) is 0 Å². The van der Waals surface area contributed by atoms with Gasteiger partial charge in [-0.05, 0) is 19.3 Å². The van der Waals surface area contributed by atoms with Gasteiger partial charge in [0.2, 0.25) is 11.8 Å². The van der Waals surface area contributed by atoms with E-state index in [1.165, 1.54) is 4.90 Å². The molecule has 2 aliphatic rings. The van der Waals surface area contributed by atoms with E-state index in [0.29, 0.717) is 0 Å². The van der Waals surface area contributed by atoms with Crippen LogP contribution < -0.4 is 0 Å². The summed E-state index contributed by atoms with van der Waals surface area (Å²) in [6, 6.07) is 2.05. The maximum Gasteiger partial charge on any atom is 0.233 e. The monoisotopic (exact) mass is 220 g/mol. The van der Waals surface area contributed by atoms with Gasteiger partial charge < -0.3 is 0 Å². The molecule has 0 aromatic rings. The molecule has 2 fully saturated rings. The molecule has 0 aromatic carbocycles. The van der Waals surface area contributed by atoms with E-state index in [1.54, 1.807) is 13.8 Å². The van der Waals surface area contributed by atoms with Crippen LogP contribution in [0.15, 0.2) is 0 Å². The highest BCUT2D eigenvalue weighted by Gasteiger charge is 2.48. The fourth-order valence-electron chi connectivity index (χ4n) is 2.70. The summed E-state index contributed by atoms with van der Waals surface area (Å²) in [4.78, 5) is 25.3. The lowest BCUT2D eigenvalue weighted by Crippen LogP contribution is -2.42. The number of hydrogen-bond acceptors (Lipinski definition) is 3. The summed E-state index contributed by atoms with van der Waals surface area (Å²) in [5.41, 5.74) is 0. The molecule has 2 amide bonds. The summed E-state index contributed by atoms with van der Waals surface area (Å²) in [6.45, 7) is 3.59. The van der Waals surface area contributed by atoms with Gasteiger partial charge in [-0.25, -0.2) is 0 Å². The van der Waals surface area contributed by atoms with Gasteiger partial charge in [0, 0.05) is 11.8 Å². The fourth-order valence-corrected chi connectivity index (χ4v) is 2.70. The number of nitrogens with zero attached hydrogens (tertiary/aromatic N) is 2. The Balaban J connectivity index is 2.25. The van der Waals surface area contributed by atoms with E-state index in [-0.39, 0.29) is 35.6 Å². The number of carbonyl (C=O) groups is 2. The third kappa shape index (κ3) is 1.42. The molecule has 4 nitrogen and oxygen atoms in total. The third-order valence-electron chi connectivity index (χ3n) is 3.98. The van der Waals surface area contributed by atoms with Crippen LogP contribution in [-0.2, 0) is 9.59 Å². The lowest BCUT2D eigenvalue weighted by Gasteiger charge is -2.24. The average molecular weight is 220 g/mol. The van der Waals surface area contributed by atoms with Crippen molar-refractivity contribution >= 4 is 11.8 Å². The van der Waals surface area contributed by atoms with Crippen molar-refractivity contribution in [3.63, 3.8) is 0 Å². The van der Waals surface area contributed by atoms with Crippen molar-refractivity contribution in [2.45, 2.75) is 39.2 Å². The highest BCUT2D eigenvalue weighted by atomic mass is 16.2. The molecule has 86 valence electrons. The number of hydrogen-bond donors (Lipinski definition) is 0. The van der Waals surface area contributed by atoms with Crippen molar-refractivity contribution in [2.75, 3.05) is 0 Å². The average Bonchev–Trinajstić information content (AvgIpc) is 2.80. The minimum Gasteiger partial charge on any atom is -0.278 e. The third-order valence-corrected chi connectivity index (χ3v) is 3.98. The van der Waals surface area contributed by atoms with E-state index in [9.17, 15) is 9.59 Å². The molecule has 0 bridgehead atoms. The standard InChI is InChI=1S/C12H16N2O2/c1-7-8(2)12(16)14(11(7)15)10-5-3-4-9(10)6-13/h7-10H,3-5H2,1-2H3. The first kappa shape index (κ1) is 11.1. The molecule has 1 saturated carbocycles. The van der Waals surface area contributed by atoms with Gasteiger partial charge in [-0.15, -0.1) is 0 Å². The van der Waals surface area contributed by atoms with Crippen LogP contribution in [0.5, 0.6) is 0 Å². The summed E-state index contributed by atoms with van der Waals surface area (Å²) < 4.78 is 0. The predicted molar refractivity (Wildman–Crippen MR) is 56.9 cm³/mol. The lowest BCUT2D eigenvalue weighted by atomic mass is 10.00. The molecule has 0 spiro atoms. The van der Waals surface area contributed by atoms with Crippen molar-refractivity contribution in [1.82, 2.24) is 4.90 Å². The molecule has 0 radical (unpaired) electrons. The first-order valence-corrected chi connectivity index (χ1v) is 5.84. The second kappa shape index (κ2) is 3.89.